The number of carbonyl (C=O) groups excluding carboxylic acids is 1. The third-order valence-electron chi connectivity index (χ3n) is 2.94. The van der Waals surface area contributed by atoms with Crippen LogP contribution in [0.25, 0.3) is 5.82 Å². The van der Waals surface area contributed by atoms with Crippen molar-refractivity contribution in [2.45, 2.75) is 20.3 Å². The van der Waals surface area contributed by atoms with Gasteiger partial charge in [0.05, 0.1) is 10.7 Å². The highest BCUT2D eigenvalue weighted by Gasteiger charge is 2.14. The highest BCUT2D eigenvalue weighted by Crippen LogP contribution is 2.17. The third-order valence-corrected chi connectivity index (χ3v) is 3.24. The van der Waals surface area contributed by atoms with E-state index in [0.717, 1.165) is 11.4 Å². The van der Waals surface area contributed by atoms with E-state index in [1.54, 1.807) is 16.8 Å². The van der Waals surface area contributed by atoms with Crippen molar-refractivity contribution in [1.82, 2.24) is 20.1 Å². The molecular formula is C14H18ClN5O. The minimum Gasteiger partial charge on any atom is -0.351 e. The molecule has 0 saturated carbocycles. The van der Waals surface area contributed by atoms with Crippen molar-refractivity contribution in [3.05, 3.63) is 40.3 Å². The van der Waals surface area contributed by atoms with Gasteiger partial charge in [-0.15, -0.1) is 0 Å². The van der Waals surface area contributed by atoms with E-state index in [1.807, 2.05) is 19.9 Å². The van der Waals surface area contributed by atoms with Crippen LogP contribution < -0.4 is 11.1 Å². The molecule has 0 bridgehead atoms. The Kier molecular flexibility index (Phi) is 4.93. The zero-order chi connectivity index (χ0) is 15.4. The molecule has 0 aliphatic rings. The minimum absolute atomic E-state index is 0.193. The number of halogens is 1. The van der Waals surface area contributed by atoms with Crippen LogP contribution in [0.2, 0.25) is 5.02 Å². The van der Waals surface area contributed by atoms with E-state index in [1.165, 1.54) is 0 Å². The monoisotopic (exact) mass is 307 g/mol. The van der Waals surface area contributed by atoms with Crippen LogP contribution in [0.5, 0.6) is 0 Å². The molecule has 3 N–H and O–H groups in total. The van der Waals surface area contributed by atoms with Gasteiger partial charge in [-0.1, -0.05) is 11.6 Å². The third kappa shape index (κ3) is 3.59. The summed E-state index contributed by atoms with van der Waals surface area (Å²) in [4.78, 5) is 16.4. The number of nitrogens with one attached hydrogen (secondary N) is 1. The minimum atomic E-state index is -0.308. The van der Waals surface area contributed by atoms with Crippen LogP contribution in [-0.2, 0) is 0 Å². The Labute approximate surface area is 128 Å². The van der Waals surface area contributed by atoms with Gasteiger partial charge in [-0.3, -0.25) is 4.79 Å². The van der Waals surface area contributed by atoms with Gasteiger partial charge in [-0.05, 0) is 45.0 Å². The lowest BCUT2D eigenvalue weighted by Crippen LogP contribution is -2.27. The molecule has 6 nitrogen and oxygen atoms in total. The molecule has 0 aliphatic carbocycles. The van der Waals surface area contributed by atoms with Crippen LogP contribution >= 0.6 is 11.6 Å². The summed E-state index contributed by atoms with van der Waals surface area (Å²) in [7, 11) is 0. The number of nitrogens with two attached hydrogens (primary N) is 1. The van der Waals surface area contributed by atoms with Crippen molar-refractivity contribution in [3.8, 4) is 5.82 Å². The molecule has 2 aromatic rings. The first-order valence-electron chi connectivity index (χ1n) is 6.71. The van der Waals surface area contributed by atoms with Gasteiger partial charge in [-0.25, -0.2) is 9.67 Å². The summed E-state index contributed by atoms with van der Waals surface area (Å²) in [6.45, 7) is 4.85. The number of hydrogen-bond donors (Lipinski definition) is 2. The lowest BCUT2D eigenvalue weighted by molar-refractivity contribution is 0.0948. The standard InChI is InChI=1S/C14H18ClN5O/c1-9-8-10(2)20(19-9)12-5-4-11(15)13(18-12)14(21)17-7-3-6-16/h4-5,8H,3,6-7,16H2,1-2H3,(H,17,21). The van der Waals surface area contributed by atoms with Crippen LogP contribution in [0.3, 0.4) is 0 Å². The fraction of sp³-hybridized carbons (Fsp3) is 0.357. The van der Waals surface area contributed by atoms with E-state index >= 15 is 0 Å². The fourth-order valence-corrected chi connectivity index (χ4v) is 2.15. The number of rotatable bonds is 5. The Bertz CT molecular complexity index is 653. The molecule has 0 radical (unpaired) electrons. The maximum atomic E-state index is 12.1. The second kappa shape index (κ2) is 6.69. The van der Waals surface area contributed by atoms with Gasteiger partial charge in [0.25, 0.3) is 5.91 Å². The molecule has 1 amide bonds. The molecule has 2 rings (SSSR count). The SMILES string of the molecule is Cc1cc(C)n(-c2ccc(Cl)c(C(=O)NCCCN)n2)n1. The number of hydrogen-bond acceptors (Lipinski definition) is 4. The van der Waals surface area contributed by atoms with Crippen LogP contribution in [0.4, 0.5) is 0 Å². The van der Waals surface area contributed by atoms with Gasteiger partial charge in [0.15, 0.2) is 5.82 Å². The lowest BCUT2D eigenvalue weighted by Gasteiger charge is -2.08. The highest BCUT2D eigenvalue weighted by atomic mass is 35.5. The molecule has 0 atom stereocenters. The van der Waals surface area contributed by atoms with E-state index in [-0.39, 0.29) is 11.6 Å². The molecule has 0 spiro atoms. The van der Waals surface area contributed by atoms with Gasteiger partial charge in [0.2, 0.25) is 0 Å². The van der Waals surface area contributed by atoms with Crippen molar-refractivity contribution in [2.75, 3.05) is 13.1 Å². The first-order valence-corrected chi connectivity index (χ1v) is 7.09. The molecule has 112 valence electrons. The molecule has 2 aromatic heterocycles. The fourth-order valence-electron chi connectivity index (χ4n) is 1.96. The molecule has 7 heteroatoms. The first kappa shape index (κ1) is 15.5. The topological polar surface area (TPSA) is 85.8 Å². The second-order valence-corrected chi connectivity index (χ2v) is 5.14. The number of pyridine rings is 1. The summed E-state index contributed by atoms with van der Waals surface area (Å²) in [5.74, 6) is 0.255. The van der Waals surface area contributed by atoms with Crippen LogP contribution in [0, 0.1) is 13.8 Å². The Morgan fingerprint density at radius 2 is 2.19 bits per heavy atom. The Morgan fingerprint density at radius 1 is 1.43 bits per heavy atom. The van der Waals surface area contributed by atoms with Crippen LogP contribution in [-0.4, -0.2) is 33.8 Å². The van der Waals surface area contributed by atoms with Gasteiger partial charge in [-0.2, -0.15) is 5.10 Å². The Hall–Kier alpha value is -1.92. The van der Waals surface area contributed by atoms with Crippen LogP contribution in [0.15, 0.2) is 18.2 Å². The highest BCUT2D eigenvalue weighted by molar-refractivity contribution is 6.33. The molecular weight excluding hydrogens is 290 g/mol. The lowest BCUT2D eigenvalue weighted by atomic mass is 10.3. The summed E-state index contributed by atoms with van der Waals surface area (Å²) in [5.41, 5.74) is 7.42. The van der Waals surface area contributed by atoms with Crippen molar-refractivity contribution in [3.63, 3.8) is 0 Å². The largest absolute Gasteiger partial charge is 0.351 e. The summed E-state index contributed by atoms with van der Waals surface area (Å²) in [6, 6.07) is 5.33. The predicted octanol–water partition coefficient (Wildman–Crippen LogP) is 1.62. The van der Waals surface area contributed by atoms with E-state index in [4.69, 9.17) is 17.3 Å². The molecule has 0 aliphatic heterocycles. The first-order chi connectivity index (χ1) is 10.0. The quantitative estimate of drug-likeness (QED) is 0.822. The summed E-state index contributed by atoms with van der Waals surface area (Å²) < 4.78 is 1.68. The number of amides is 1. The molecule has 0 unspecified atom stereocenters. The predicted molar refractivity (Wildman–Crippen MR) is 81.8 cm³/mol. The average Bonchev–Trinajstić information content (AvgIpc) is 2.78. The van der Waals surface area contributed by atoms with Gasteiger partial charge in [0, 0.05) is 12.2 Å². The maximum absolute atomic E-state index is 12.1. The zero-order valence-electron chi connectivity index (χ0n) is 12.1. The number of carbonyl (C=O) groups is 1. The Balaban J connectivity index is 2.29. The van der Waals surface area contributed by atoms with Crippen molar-refractivity contribution < 1.29 is 4.79 Å². The summed E-state index contributed by atoms with van der Waals surface area (Å²) in [5, 5.41) is 7.40. The smallest absolute Gasteiger partial charge is 0.271 e. The van der Waals surface area contributed by atoms with Crippen molar-refractivity contribution in [2.24, 2.45) is 5.73 Å². The molecule has 2 heterocycles. The number of aryl methyl sites for hydroxylation is 2. The van der Waals surface area contributed by atoms with E-state index in [9.17, 15) is 4.79 Å². The summed E-state index contributed by atoms with van der Waals surface area (Å²) >= 11 is 6.06. The van der Waals surface area contributed by atoms with Crippen molar-refractivity contribution >= 4 is 17.5 Å². The number of aromatic nitrogens is 3. The number of nitrogens with zero attached hydrogens (tertiary/aromatic N) is 3. The summed E-state index contributed by atoms with van der Waals surface area (Å²) in [6.07, 6.45) is 0.709. The van der Waals surface area contributed by atoms with Crippen LogP contribution in [0.1, 0.15) is 28.3 Å². The van der Waals surface area contributed by atoms with E-state index < -0.39 is 0 Å². The Morgan fingerprint density at radius 3 is 2.81 bits per heavy atom. The molecule has 0 fully saturated rings. The second-order valence-electron chi connectivity index (χ2n) is 4.74. The molecule has 0 saturated heterocycles. The van der Waals surface area contributed by atoms with Gasteiger partial charge in [0.1, 0.15) is 5.69 Å². The molecule has 0 aromatic carbocycles. The van der Waals surface area contributed by atoms with Gasteiger partial charge >= 0.3 is 0 Å². The zero-order valence-corrected chi connectivity index (χ0v) is 12.8. The van der Waals surface area contributed by atoms with Crippen molar-refractivity contribution in [1.29, 1.82) is 0 Å². The maximum Gasteiger partial charge on any atom is 0.271 e. The van der Waals surface area contributed by atoms with Gasteiger partial charge < -0.3 is 11.1 Å². The van der Waals surface area contributed by atoms with E-state index in [0.29, 0.717) is 30.4 Å². The normalized spacial score (nSPS) is 10.7. The molecule has 21 heavy (non-hydrogen) atoms. The average molecular weight is 308 g/mol. The van der Waals surface area contributed by atoms with E-state index in [2.05, 4.69) is 15.4 Å².